The second kappa shape index (κ2) is 6.31. The van der Waals surface area contributed by atoms with E-state index in [1.54, 1.807) is 16.2 Å². The Labute approximate surface area is 112 Å². The van der Waals surface area contributed by atoms with E-state index in [0.29, 0.717) is 19.8 Å². The minimum absolute atomic E-state index is 0.0464. The molecule has 2 rings (SSSR count). The molecule has 1 N–H and O–H groups in total. The van der Waals surface area contributed by atoms with Crippen molar-refractivity contribution in [2.75, 3.05) is 26.8 Å². The van der Waals surface area contributed by atoms with Gasteiger partial charge in [-0.3, -0.25) is 4.79 Å². The fourth-order valence-electron chi connectivity index (χ4n) is 2.26. The van der Waals surface area contributed by atoms with Crippen LogP contribution in [-0.2, 0) is 16.1 Å². The summed E-state index contributed by atoms with van der Waals surface area (Å²) < 4.78 is 5.42. The quantitative estimate of drug-likeness (QED) is 0.876. The van der Waals surface area contributed by atoms with Crippen molar-refractivity contribution in [3.05, 3.63) is 22.4 Å². The van der Waals surface area contributed by atoms with Crippen molar-refractivity contribution >= 4 is 17.2 Å². The van der Waals surface area contributed by atoms with E-state index in [2.05, 4.69) is 18.3 Å². The van der Waals surface area contributed by atoms with Crippen molar-refractivity contribution in [1.82, 2.24) is 10.2 Å². The number of nitrogens with one attached hydrogen (secondary N) is 1. The highest BCUT2D eigenvalue weighted by molar-refractivity contribution is 7.09. The van der Waals surface area contributed by atoms with E-state index in [1.165, 1.54) is 4.88 Å². The molecule has 100 valence electrons. The van der Waals surface area contributed by atoms with Crippen LogP contribution in [0, 0.1) is 5.92 Å². The van der Waals surface area contributed by atoms with Gasteiger partial charge >= 0.3 is 0 Å². The first-order valence-electron chi connectivity index (χ1n) is 6.31. The van der Waals surface area contributed by atoms with Gasteiger partial charge in [0, 0.05) is 18.0 Å². The third-order valence-electron chi connectivity index (χ3n) is 3.21. The van der Waals surface area contributed by atoms with E-state index in [-0.39, 0.29) is 17.9 Å². The molecule has 1 aromatic heterocycles. The lowest BCUT2D eigenvalue weighted by molar-refractivity contribution is -0.135. The van der Waals surface area contributed by atoms with Gasteiger partial charge in [0.1, 0.15) is 0 Å². The number of ether oxygens (including phenoxy) is 1. The highest BCUT2D eigenvalue weighted by Crippen LogP contribution is 2.18. The predicted molar refractivity (Wildman–Crippen MR) is 72.6 cm³/mol. The topological polar surface area (TPSA) is 41.6 Å². The van der Waals surface area contributed by atoms with Crippen LogP contribution in [0.5, 0.6) is 0 Å². The zero-order valence-corrected chi connectivity index (χ0v) is 11.7. The molecular formula is C13H20N2O2S. The third kappa shape index (κ3) is 3.10. The van der Waals surface area contributed by atoms with Gasteiger partial charge in [0.25, 0.3) is 0 Å². The van der Waals surface area contributed by atoms with Crippen LogP contribution in [0.1, 0.15) is 11.8 Å². The van der Waals surface area contributed by atoms with E-state index >= 15 is 0 Å². The summed E-state index contributed by atoms with van der Waals surface area (Å²) in [5.41, 5.74) is 0. The first-order chi connectivity index (χ1) is 8.72. The number of carbonyl (C=O) groups is 1. The SMILES string of the molecule is CCNC1COCC1C(=O)N(C)Cc1cccs1. The average molecular weight is 268 g/mol. The number of hydrogen-bond acceptors (Lipinski definition) is 4. The number of carbonyl (C=O) groups excluding carboxylic acids is 1. The Hall–Kier alpha value is -0.910. The van der Waals surface area contributed by atoms with E-state index in [4.69, 9.17) is 4.74 Å². The highest BCUT2D eigenvalue weighted by atomic mass is 32.1. The monoisotopic (exact) mass is 268 g/mol. The molecule has 0 aliphatic carbocycles. The number of nitrogens with zero attached hydrogens (tertiary/aromatic N) is 1. The van der Waals surface area contributed by atoms with Gasteiger partial charge in [-0.05, 0) is 18.0 Å². The Bertz CT molecular complexity index is 380. The Morgan fingerprint density at radius 1 is 1.61 bits per heavy atom. The first-order valence-corrected chi connectivity index (χ1v) is 7.18. The molecule has 1 aromatic rings. The van der Waals surface area contributed by atoms with E-state index in [0.717, 1.165) is 6.54 Å². The van der Waals surface area contributed by atoms with E-state index in [9.17, 15) is 4.79 Å². The minimum Gasteiger partial charge on any atom is -0.379 e. The van der Waals surface area contributed by atoms with Crippen LogP contribution >= 0.6 is 11.3 Å². The molecule has 18 heavy (non-hydrogen) atoms. The normalized spacial score (nSPS) is 23.2. The molecule has 2 unspecified atom stereocenters. The minimum atomic E-state index is -0.0464. The third-order valence-corrected chi connectivity index (χ3v) is 4.07. The maximum absolute atomic E-state index is 12.4. The molecule has 0 aromatic carbocycles. The van der Waals surface area contributed by atoms with Crippen LogP contribution in [0.2, 0.25) is 0 Å². The standard InChI is InChI=1S/C13H20N2O2S/c1-3-14-12-9-17-8-11(12)13(16)15(2)7-10-5-4-6-18-10/h4-6,11-12,14H,3,7-9H2,1-2H3. The predicted octanol–water partition coefficient (Wildman–Crippen LogP) is 1.33. The van der Waals surface area contributed by atoms with Crippen molar-refractivity contribution in [3.63, 3.8) is 0 Å². The first kappa shape index (κ1) is 13.5. The molecule has 1 saturated heterocycles. The second-order valence-corrected chi connectivity index (χ2v) is 5.61. The van der Waals surface area contributed by atoms with Crippen molar-refractivity contribution in [3.8, 4) is 0 Å². The Morgan fingerprint density at radius 3 is 3.11 bits per heavy atom. The van der Waals surface area contributed by atoms with Crippen LogP contribution in [0.4, 0.5) is 0 Å². The maximum Gasteiger partial charge on any atom is 0.229 e. The van der Waals surface area contributed by atoms with Crippen molar-refractivity contribution in [2.45, 2.75) is 19.5 Å². The summed E-state index contributed by atoms with van der Waals surface area (Å²) in [5, 5.41) is 5.35. The van der Waals surface area contributed by atoms with Crippen LogP contribution in [0.3, 0.4) is 0 Å². The molecule has 2 atom stereocenters. The molecule has 0 radical (unpaired) electrons. The van der Waals surface area contributed by atoms with Crippen LogP contribution in [0.25, 0.3) is 0 Å². The van der Waals surface area contributed by atoms with E-state index in [1.807, 2.05) is 18.5 Å². The van der Waals surface area contributed by atoms with Gasteiger partial charge in [-0.2, -0.15) is 0 Å². The summed E-state index contributed by atoms with van der Waals surface area (Å²) in [6, 6.07) is 4.23. The van der Waals surface area contributed by atoms with Crippen molar-refractivity contribution in [2.24, 2.45) is 5.92 Å². The van der Waals surface area contributed by atoms with E-state index < -0.39 is 0 Å². The smallest absolute Gasteiger partial charge is 0.229 e. The lowest BCUT2D eigenvalue weighted by Gasteiger charge is -2.23. The molecule has 2 heterocycles. The molecule has 4 nitrogen and oxygen atoms in total. The molecule has 1 aliphatic rings. The summed E-state index contributed by atoms with van der Waals surface area (Å²) in [6.45, 7) is 4.77. The lowest BCUT2D eigenvalue weighted by Crippen LogP contribution is -2.44. The van der Waals surface area contributed by atoms with Crippen molar-refractivity contribution < 1.29 is 9.53 Å². The zero-order chi connectivity index (χ0) is 13.0. The molecule has 0 spiro atoms. The van der Waals surface area contributed by atoms with Crippen LogP contribution in [0.15, 0.2) is 17.5 Å². The van der Waals surface area contributed by atoms with Crippen LogP contribution < -0.4 is 5.32 Å². The molecule has 0 saturated carbocycles. The summed E-state index contributed by atoms with van der Waals surface area (Å²) in [4.78, 5) is 15.4. The van der Waals surface area contributed by atoms with Gasteiger partial charge in [0.2, 0.25) is 5.91 Å². The van der Waals surface area contributed by atoms with Crippen molar-refractivity contribution in [1.29, 1.82) is 0 Å². The summed E-state index contributed by atoms with van der Waals surface area (Å²) in [5.74, 6) is 0.127. The second-order valence-electron chi connectivity index (χ2n) is 4.58. The molecule has 5 heteroatoms. The number of hydrogen-bond donors (Lipinski definition) is 1. The Balaban J connectivity index is 1.93. The fraction of sp³-hybridized carbons (Fsp3) is 0.615. The number of rotatable bonds is 5. The summed E-state index contributed by atoms with van der Waals surface area (Å²) in [7, 11) is 1.86. The highest BCUT2D eigenvalue weighted by Gasteiger charge is 2.35. The summed E-state index contributed by atoms with van der Waals surface area (Å²) >= 11 is 1.68. The fourth-order valence-corrected chi connectivity index (χ4v) is 3.02. The lowest BCUT2D eigenvalue weighted by atomic mass is 10.0. The number of amides is 1. The maximum atomic E-state index is 12.4. The van der Waals surface area contributed by atoms with Gasteiger partial charge in [0.05, 0.1) is 25.7 Å². The zero-order valence-electron chi connectivity index (χ0n) is 10.9. The van der Waals surface area contributed by atoms with Gasteiger partial charge in [-0.15, -0.1) is 11.3 Å². The van der Waals surface area contributed by atoms with Gasteiger partial charge < -0.3 is 15.0 Å². The number of thiophene rings is 1. The molecule has 0 bridgehead atoms. The summed E-state index contributed by atoms with van der Waals surface area (Å²) in [6.07, 6.45) is 0. The average Bonchev–Trinajstić information content (AvgIpc) is 3.00. The van der Waals surface area contributed by atoms with Crippen LogP contribution in [-0.4, -0.2) is 43.7 Å². The molecular weight excluding hydrogens is 248 g/mol. The van der Waals surface area contributed by atoms with Gasteiger partial charge in [-0.1, -0.05) is 13.0 Å². The van der Waals surface area contributed by atoms with Gasteiger partial charge in [0.15, 0.2) is 0 Å². The van der Waals surface area contributed by atoms with Gasteiger partial charge in [-0.25, -0.2) is 0 Å². The molecule has 1 fully saturated rings. The Kier molecular flexibility index (Phi) is 4.74. The Morgan fingerprint density at radius 2 is 2.44 bits per heavy atom. The number of likely N-dealkylation sites (N-methyl/N-ethyl adjacent to an activating group) is 1. The molecule has 1 aliphatic heterocycles. The largest absolute Gasteiger partial charge is 0.379 e. The molecule has 1 amide bonds.